The Morgan fingerprint density at radius 2 is 2.19 bits per heavy atom. The number of hydrogen-bond donors (Lipinski definition) is 1. The molecular weight excluding hydrogens is 336 g/mol. The van der Waals surface area contributed by atoms with Crippen LogP contribution in [0.5, 0.6) is 0 Å². The first-order valence-electron chi connectivity index (χ1n) is 7.06. The lowest BCUT2D eigenvalue weighted by molar-refractivity contribution is -0.147. The van der Waals surface area contributed by atoms with Gasteiger partial charge in [-0.25, -0.2) is 0 Å². The number of aromatic nitrogens is 1. The normalized spacial score (nSPS) is 23.2. The Bertz CT molecular complexity index is 547. The minimum Gasteiger partial charge on any atom is -0.481 e. The van der Waals surface area contributed by atoms with Crippen LogP contribution >= 0.6 is 15.9 Å². The van der Waals surface area contributed by atoms with E-state index in [0.717, 1.165) is 10.0 Å². The van der Waals surface area contributed by atoms with Gasteiger partial charge in [-0.3, -0.25) is 14.6 Å². The summed E-state index contributed by atoms with van der Waals surface area (Å²) in [7, 11) is 0. The van der Waals surface area contributed by atoms with Crippen molar-refractivity contribution in [1.29, 1.82) is 0 Å². The number of carbonyl (C=O) groups excluding carboxylic acids is 1. The number of halogens is 1. The molecule has 1 aliphatic rings. The van der Waals surface area contributed by atoms with Crippen LogP contribution < -0.4 is 0 Å². The second-order valence-electron chi connectivity index (χ2n) is 5.61. The highest BCUT2D eigenvalue weighted by molar-refractivity contribution is 9.10. The highest BCUT2D eigenvalue weighted by atomic mass is 79.9. The fraction of sp³-hybridized carbons (Fsp3) is 0.533. The van der Waals surface area contributed by atoms with Crippen molar-refractivity contribution in [1.82, 2.24) is 9.88 Å². The molecule has 2 atom stereocenters. The summed E-state index contributed by atoms with van der Waals surface area (Å²) in [4.78, 5) is 29.9. The average molecular weight is 355 g/mol. The largest absolute Gasteiger partial charge is 0.481 e. The lowest BCUT2D eigenvalue weighted by Crippen LogP contribution is -2.43. The average Bonchev–Trinajstić information content (AvgIpc) is 2.57. The smallest absolute Gasteiger partial charge is 0.308 e. The molecule has 1 N–H and O–H groups in total. The molecule has 21 heavy (non-hydrogen) atoms. The third kappa shape index (κ3) is 3.43. The molecular formula is C15H19BrN2O3. The van der Waals surface area contributed by atoms with Gasteiger partial charge >= 0.3 is 5.97 Å². The molecule has 0 radical (unpaired) electrons. The number of amides is 1. The quantitative estimate of drug-likeness (QED) is 0.905. The number of likely N-dealkylation sites (tertiary alicyclic amines) is 1. The number of carboxylic acid groups (broad SMARTS) is 1. The Morgan fingerprint density at radius 1 is 1.48 bits per heavy atom. The summed E-state index contributed by atoms with van der Waals surface area (Å²) in [6.45, 7) is 3.83. The molecule has 1 amide bonds. The molecule has 6 heteroatoms. The molecule has 0 aliphatic carbocycles. The van der Waals surface area contributed by atoms with Gasteiger partial charge in [-0.1, -0.05) is 0 Å². The van der Waals surface area contributed by atoms with Crippen LogP contribution in [0, 0.1) is 5.92 Å². The zero-order valence-corrected chi connectivity index (χ0v) is 13.7. The molecule has 0 bridgehead atoms. The molecule has 2 heterocycles. The molecule has 1 aliphatic heterocycles. The van der Waals surface area contributed by atoms with Crippen LogP contribution in [0.15, 0.2) is 22.9 Å². The molecule has 2 rings (SSSR count). The fourth-order valence-electron chi connectivity index (χ4n) is 2.96. The van der Waals surface area contributed by atoms with Gasteiger partial charge in [0.05, 0.1) is 12.0 Å². The summed E-state index contributed by atoms with van der Waals surface area (Å²) in [5.74, 6) is -1.45. The van der Waals surface area contributed by atoms with Gasteiger partial charge in [0.25, 0.3) is 0 Å². The number of rotatable bonds is 3. The first-order valence-corrected chi connectivity index (χ1v) is 7.85. The zero-order valence-electron chi connectivity index (χ0n) is 12.1. The summed E-state index contributed by atoms with van der Waals surface area (Å²) in [6, 6.07) is 1.32. The Balaban J connectivity index is 2.53. The highest BCUT2D eigenvalue weighted by Crippen LogP contribution is 2.37. The maximum atomic E-state index is 12.4. The Kier molecular flexibility index (Phi) is 4.98. The summed E-state index contributed by atoms with van der Waals surface area (Å²) < 4.78 is 0.782. The van der Waals surface area contributed by atoms with E-state index in [-0.39, 0.29) is 11.9 Å². The molecule has 1 saturated heterocycles. The topological polar surface area (TPSA) is 70.5 Å². The second kappa shape index (κ2) is 6.56. The van der Waals surface area contributed by atoms with Crippen molar-refractivity contribution >= 4 is 27.8 Å². The lowest BCUT2D eigenvalue weighted by atomic mass is 9.89. The van der Waals surface area contributed by atoms with E-state index in [1.165, 1.54) is 0 Å². The van der Waals surface area contributed by atoms with Crippen molar-refractivity contribution in [2.75, 3.05) is 0 Å². The van der Waals surface area contributed by atoms with Gasteiger partial charge < -0.3 is 10.0 Å². The Labute approximate surface area is 132 Å². The predicted octanol–water partition coefficient (Wildman–Crippen LogP) is 3.01. The van der Waals surface area contributed by atoms with Gasteiger partial charge in [0, 0.05) is 29.3 Å². The van der Waals surface area contributed by atoms with E-state index in [0.29, 0.717) is 19.3 Å². The first-order chi connectivity index (χ1) is 9.91. The van der Waals surface area contributed by atoms with Crippen molar-refractivity contribution in [3.63, 3.8) is 0 Å². The van der Waals surface area contributed by atoms with Crippen LogP contribution in [0.1, 0.15) is 44.7 Å². The van der Waals surface area contributed by atoms with Crippen molar-refractivity contribution in [3.05, 3.63) is 28.5 Å². The standard InChI is InChI=1S/C15H19BrN2O3/c1-9(2)18-13(19)5-3-4-12(15(20)21)14(18)10-6-11(16)8-17-7-10/h6-9,12,14H,3-5H2,1-2H3,(H,20,21). The van der Waals surface area contributed by atoms with E-state index in [1.54, 1.807) is 17.3 Å². The summed E-state index contributed by atoms with van der Waals surface area (Å²) in [6.07, 6.45) is 4.81. The number of carboxylic acids is 1. The van der Waals surface area contributed by atoms with E-state index < -0.39 is 17.9 Å². The third-order valence-corrected chi connectivity index (χ3v) is 4.25. The fourth-order valence-corrected chi connectivity index (χ4v) is 3.34. The van der Waals surface area contributed by atoms with Crippen LogP contribution in [0.2, 0.25) is 0 Å². The summed E-state index contributed by atoms with van der Waals surface area (Å²) in [5, 5.41) is 9.58. The molecule has 2 unspecified atom stereocenters. The summed E-state index contributed by atoms with van der Waals surface area (Å²) >= 11 is 3.36. The van der Waals surface area contributed by atoms with Gasteiger partial charge in [0.1, 0.15) is 0 Å². The third-order valence-electron chi connectivity index (χ3n) is 3.82. The Hall–Kier alpha value is -1.43. The van der Waals surface area contributed by atoms with E-state index in [4.69, 9.17) is 0 Å². The van der Waals surface area contributed by atoms with E-state index >= 15 is 0 Å². The molecule has 1 aromatic heterocycles. The van der Waals surface area contributed by atoms with Gasteiger partial charge in [-0.05, 0) is 54.2 Å². The molecule has 1 aromatic rings. The minimum absolute atomic E-state index is 0.0127. The lowest BCUT2D eigenvalue weighted by Gasteiger charge is -2.36. The van der Waals surface area contributed by atoms with Crippen molar-refractivity contribution < 1.29 is 14.7 Å². The van der Waals surface area contributed by atoms with Crippen LogP contribution in [0.3, 0.4) is 0 Å². The SMILES string of the molecule is CC(C)N1C(=O)CCCC(C(=O)O)C1c1cncc(Br)c1. The van der Waals surface area contributed by atoms with Crippen LogP contribution in [0.25, 0.3) is 0 Å². The van der Waals surface area contributed by atoms with Crippen molar-refractivity contribution in [2.45, 2.75) is 45.2 Å². The number of pyridine rings is 1. The molecule has 5 nitrogen and oxygen atoms in total. The molecule has 0 spiro atoms. The monoisotopic (exact) mass is 354 g/mol. The zero-order chi connectivity index (χ0) is 15.6. The van der Waals surface area contributed by atoms with Gasteiger partial charge in [-0.2, -0.15) is 0 Å². The first kappa shape index (κ1) is 15.9. The van der Waals surface area contributed by atoms with Gasteiger partial charge in [0.2, 0.25) is 5.91 Å². The van der Waals surface area contributed by atoms with E-state index in [2.05, 4.69) is 20.9 Å². The molecule has 0 saturated carbocycles. The molecule has 1 fully saturated rings. The molecule has 0 aromatic carbocycles. The number of hydrogen-bond acceptors (Lipinski definition) is 3. The van der Waals surface area contributed by atoms with Gasteiger partial charge in [0.15, 0.2) is 0 Å². The van der Waals surface area contributed by atoms with E-state index in [1.807, 2.05) is 19.9 Å². The van der Waals surface area contributed by atoms with Crippen LogP contribution in [-0.2, 0) is 9.59 Å². The maximum absolute atomic E-state index is 12.4. The van der Waals surface area contributed by atoms with Crippen molar-refractivity contribution in [2.24, 2.45) is 5.92 Å². The van der Waals surface area contributed by atoms with Crippen LogP contribution in [-0.4, -0.2) is 32.9 Å². The number of carbonyl (C=O) groups is 2. The molecule has 114 valence electrons. The Morgan fingerprint density at radius 3 is 2.76 bits per heavy atom. The van der Waals surface area contributed by atoms with Gasteiger partial charge in [-0.15, -0.1) is 0 Å². The highest BCUT2D eigenvalue weighted by Gasteiger charge is 2.39. The summed E-state index contributed by atoms with van der Waals surface area (Å²) in [5.41, 5.74) is 0.765. The predicted molar refractivity (Wildman–Crippen MR) is 81.6 cm³/mol. The number of nitrogens with zero attached hydrogens (tertiary/aromatic N) is 2. The van der Waals surface area contributed by atoms with E-state index in [9.17, 15) is 14.7 Å². The maximum Gasteiger partial charge on any atom is 0.308 e. The van der Waals surface area contributed by atoms with Crippen LogP contribution in [0.4, 0.5) is 0 Å². The second-order valence-corrected chi connectivity index (χ2v) is 6.53. The van der Waals surface area contributed by atoms with Crippen molar-refractivity contribution in [3.8, 4) is 0 Å². The number of aliphatic carboxylic acids is 1. The minimum atomic E-state index is -0.861.